The van der Waals surface area contributed by atoms with Gasteiger partial charge in [-0.15, -0.1) is 0 Å². The number of aliphatic hydroxyl groups is 1. The average molecular weight is 393 g/mol. The van der Waals surface area contributed by atoms with Crippen LogP contribution in [0.4, 0.5) is 0 Å². The minimum Gasteiger partial charge on any atom is -0.375 e. The predicted octanol–water partition coefficient (Wildman–Crippen LogP) is 3.19. The Bertz CT molecular complexity index is 688. The molecule has 1 atom stereocenters. The van der Waals surface area contributed by atoms with Gasteiger partial charge in [-0.25, -0.2) is 0 Å². The summed E-state index contributed by atoms with van der Waals surface area (Å²) in [5.74, 6) is 0.442. The van der Waals surface area contributed by atoms with E-state index in [4.69, 9.17) is 11.6 Å². The Labute approximate surface area is 166 Å². The second kappa shape index (κ2) is 8.61. The van der Waals surface area contributed by atoms with E-state index in [0.29, 0.717) is 42.4 Å². The van der Waals surface area contributed by atoms with Crippen LogP contribution >= 0.6 is 11.6 Å². The number of hydrogen-bond acceptors (Lipinski definition) is 3. The van der Waals surface area contributed by atoms with E-state index in [1.165, 1.54) is 0 Å². The molecular weight excluding hydrogens is 364 g/mol. The van der Waals surface area contributed by atoms with Crippen LogP contribution in [0.3, 0.4) is 0 Å². The summed E-state index contributed by atoms with van der Waals surface area (Å²) < 4.78 is 0. The highest BCUT2D eigenvalue weighted by Crippen LogP contribution is 2.31. The molecule has 2 saturated heterocycles. The molecule has 2 fully saturated rings. The molecule has 0 aliphatic carbocycles. The maximum atomic E-state index is 13.1. The lowest BCUT2D eigenvalue weighted by Crippen LogP contribution is -2.50. The van der Waals surface area contributed by atoms with E-state index in [1.54, 1.807) is 29.2 Å². The van der Waals surface area contributed by atoms with Crippen LogP contribution < -0.4 is 0 Å². The smallest absolute Gasteiger partial charge is 0.259 e. The highest BCUT2D eigenvalue weighted by atomic mass is 35.5. The van der Waals surface area contributed by atoms with Gasteiger partial charge >= 0.3 is 0 Å². The van der Waals surface area contributed by atoms with Crippen LogP contribution in [0.1, 0.15) is 51.0 Å². The number of nitrogens with zero attached hydrogens (tertiary/aromatic N) is 2. The van der Waals surface area contributed by atoms with E-state index < -0.39 is 5.60 Å². The molecule has 3 rings (SSSR count). The quantitative estimate of drug-likeness (QED) is 0.837. The van der Waals surface area contributed by atoms with E-state index in [-0.39, 0.29) is 11.8 Å². The highest BCUT2D eigenvalue weighted by Gasteiger charge is 2.40. The second-order valence-corrected chi connectivity index (χ2v) is 8.19. The third-order valence-electron chi connectivity index (χ3n) is 5.97. The van der Waals surface area contributed by atoms with Crippen molar-refractivity contribution in [1.29, 1.82) is 0 Å². The molecule has 2 amide bonds. The molecule has 1 unspecified atom stereocenters. The first-order valence-corrected chi connectivity index (χ1v) is 10.4. The molecule has 0 spiro atoms. The van der Waals surface area contributed by atoms with Crippen LogP contribution in [0.5, 0.6) is 0 Å². The summed E-state index contributed by atoms with van der Waals surface area (Å²) in [7, 11) is 0. The van der Waals surface area contributed by atoms with Gasteiger partial charge in [0, 0.05) is 37.6 Å². The summed E-state index contributed by atoms with van der Waals surface area (Å²) in [5.41, 5.74) is -0.996. The SMILES string of the molecule is CCC(O)(C(=O)N1CCC(CN2CCCCC2=O)CC1)c1cccc(Cl)c1. The maximum absolute atomic E-state index is 13.1. The Morgan fingerprint density at radius 1 is 1.26 bits per heavy atom. The van der Waals surface area contributed by atoms with E-state index in [2.05, 4.69) is 0 Å². The van der Waals surface area contributed by atoms with Gasteiger partial charge in [-0.3, -0.25) is 9.59 Å². The molecule has 2 heterocycles. The summed E-state index contributed by atoms with van der Waals surface area (Å²) in [6.07, 6.45) is 4.79. The molecule has 2 aliphatic heterocycles. The van der Waals surface area contributed by atoms with Crippen LogP contribution in [0.25, 0.3) is 0 Å². The van der Waals surface area contributed by atoms with Gasteiger partial charge in [0.05, 0.1) is 0 Å². The van der Waals surface area contributed by atoms with Gasteiger partial charge < -0.3 is 14.9 Å². The lowest BCUT2D eigenvalue weighted by atomic mass is 9.87. The number of carbonyl (C=O) groups is 2. The summed E-state index contributed by atoms with van der Waals surface area (Å²) >= 11 is 6.05. The van der Waals surface area contributed by atoms with Crippen LogP contribution in [0, 0.1) is 5.92 Å². The fourth-order valence-electron chi connectivity index (χ4n) is 4.17. The third kappa shape index (κ3) is 4.46. The zero-order valence-corrected chi connectivity index (χ0v) is 16.7. The van der Waals surface area contributed by atoms with Crippen LogP contribution in [-0.4, -0.2) is 52.9 Å². The van der Waals surface area contributed by atoms with Crippen LogP contribution in [0.2, 0.25) is 5.02 Å². The fourth-order valence-corrected chi connectivity index (χ4v) is 4.36. The van der Waals surface area contributed by atoms with Gasteiger partial charge in [0.25, 0.3) is 5.91 Å². The highest BCUT2D eigenvalue weighted by molar-refractivity contribution is 6.30. The van der Waals surface area contributed by atoms with Crippen molar-refractivity contribution in [2.45, 2.75) is 51.0 Å². The van der Waals surface area contributed by atoms with Gasteiger partial charge in [0.15, 0.2) is 5.60 Å². The first-order valence-electron chi connectivity index (χ1n) is 9.99. The number of amides is 2. The maximum Gasteiger partial charge on any atom is 0.259 e. The summed E-state index contributed by atoms with van der Waals surface area (Å²) in [4.78, 5) is 28.8. The molecule has 6 heteroatoms. The van der Waals surface area contributed by atoms with Crippen LogP contribution in [-0.2, 0) is 15.2 Å². The number of halogens is 1. The molecule has 148 valence electrons. The summed E-state index contributed by atoms with van der Waals surface area (Å²) in [6, 6.07) is 6.91. The van der Waals surface area contributed by atoms with E-state index in [0.717, 1.165) is 38.8 Å². The zero-order valence-electron chi connectivity index (χ0n) is 16.0. The topological polar surface area (TPSA) is 60.9 Å². The Morgan fingerprint density at radius 3 is 2.63 bits per heavy atom. The van der Waals surface area contributed by atoms with Crippen molar-refractivity contribution >= 4 is 23.4 Å². The van der Waals surface area contributed by atoms with E-state index >= 15 is 0 Å². The van der Waals surface area contributed by atoms with Crippen molar-refractivity contribution in [2.24, 2.45) is 5.92 Å². The molecule has 0 aromatic heterocycles. The lowest BCUT2D eigenvalue weighted by molar-refractivity contribution is -0.154. The normalized spacial score (nSPS) is 21.2. The first kappa shape index (κ1) is 20.2. The van der Waals surface area contributed by atoms with Gasteiger partial charge in [-0.2, -0.15) is 0 Å². The Balaban J connectivity index is 1.61. The third-order valence-corrected chi connectivity index (χ3v) is 6.20. The molecule has 1 aromatic rings. The standard InChI is InChI=1S/C21H29ClN2O3/c1-2-21(27,17-6-5-7-18(22)14-17)20(26)23-12-9-16(10-13-23)15-24-11-4-3-8-19(24)25/h5-7,14,16,27H,2-4,8-13,15H2,1H3. The van der Waals surface area contributed by atoms with Crippen molar-refractivity contribution in [3.05, 3.63) is 34.9 Å². The molecule has 1 N–H and O–H groups in total. The van der Waals surface area contributed by atoms with Crippen molar-refractivity contribution in [3.8, 4) is 0 Å². The van der Waals surface area contributed by atoms with Gasteiger partial charge in [-0.1, -0.05) is 30.7 Å². The van der Waals surface area contributed by atoms with Gasteiger partial charge in [0.1, 0.15) is 0 Å². The Morgan fingerprint density at radius 2 is 2.00 bits per heavy atom. The second-order valence-electron chi connectivity index (χ2n) is 7.76. The van der Waals surface area contributed by atoms with Gasteiger partial charge in [-0.05, 0) is 55.7 Å². The molecular formula is C21H29ClN2O3. The number of piperidine rings is 2. The predicted molar refractivity (Wildman–Crippen MR) is 105 cm³/mol. The zero-order chi connectivity index (χ0) is 19.4. The Kier molecular flexibility index (Phi) is 6.43. The summed E-state index contributed by atoms with van der Waals surface area (Å²) in [6.45, 7) is 4.71. The molecule has 1 aromatic carbocycles. The largest absolute Gasteiger partial charge is 0.375 e. The van der Waals surface area contributed by atoms with Crippen molar-refractivity contribution in [2.75, 3.05) is 26.2 Å². The van der Waals surface area contributed by atoms with Gasteiger partial charge in [0.2, 0.25) is 5.91 Å². The molecule has 0 saturated carbocycles. The van der Waals surface area contributed by atoms with E-state index in [9.17, 15) is 14.7 Å². The molecule has 0 bridgehead atoms. The average Bonchev–Trinajstić information content (AvgIpc) is 2.69. The molecule has 0 radical (unpaired) electrons. The molecule has 27 heavy (non-hydrogen) atoms. The minimum absolute atomic E-state index is 0.250. The van der Waals surface area contributed by atoms with Crippen LogP contribution in [0.15, 0.2) is 24.3 Å². The first-order chi connectivity index (χ1) is 12.9. The number of rotatable bonds is 5. The van der Waals surface area contributed by atoms with Crippen molar-refractivity contribution < 1.29 is 14.7 Å². The Hall–Kier alpha value is -1.59. The minimum atomic E-state index is -1.54. The van der Waals surface area contributed by atoms with Crippen molar-refractivity contribution in [1.82, 2.24) is 9.80 Å². The summed E-state index contributed by atoms with van der Waals surface area (Å²) in [5, 5.41) is 11.6. The monoisotopic (exact) mass is 392 g/mol. The number of likely N-dealkylation sites (tertiary alicyclic amines) is 2. The number of carbonyl (C=O) groups excluding carboxylic acids is 2. The molecule has 5 nitrogen and oxygen atoms in total. The van der Waals surface area contributed by atoms with E-state index in [1.807, 2.05) is 11.8 Å². The van der Waals surface area contributed by atoms with Crippen molar-refractivity contribution in [3.63, 3.8) is 0 Å². The number of benzene rings is 1. The fraction of sp³-hybridized carbons (Fsp3) is 0.619. The molecule has 2 aliphatic rings. The lowest BCUT2D eigenvalue weighted by Gasteiger charge is -2.39. The number of hydrogen-bond donors (Lipinski definition) is 1.